The number of amides is 2. The van der Waals surface area contributed by atoms with E-state index in [1.54, 1.807) is 6.33 Å². The molecule has 0 unspecified atom stereocenters. The summed E-state index contributed by atoms with van der Waals surface area (Å²) < 4.78 is 8.09. The van der Waals surface area contributed by atoms with Crippen LogP contribution in [0.4, 0.5) is 4.79 Å². The van der Waals surface area contributed by atoms with Crippen molar-refractivity contribution in [2.75, 3.05) is 26.2 Å². The summed E-state index contributed by atoms with van der Waals surface area (Å²) in [6.45, 7) is 6.65. The van der Waals surface area contributed by atoms with Crippen molar-refractivity contribution in [3.63, 3.8) is 0 Å². The maximum absolute atomic E-state index is 14.1. The van der Waals surface area contributed by atoms with Crippen LogP contribution in [0.25, 0.3) is 11.3 Å². The Hall–Kier alpha value is -3.85. The van der Waals surface area contributed by atoms with Crippen LogP contribution in [0.15, 0.2) is 54.9 Å². The molecule has 3 atom stereocenters. The second-order valence-corrected chi connectivity index (χ2v) is 10.9. The molecule has 1 aliphatic heterocycles. The Bertz CT molecular complexity index is 1320. The Morgan fingerprint density at radius 1 is 1.10 bits per heavy atom. The number of carbonyl (C=O) groups excluding carboxylic acids is 1. The van der Waals surface area contributed by atoms with Gasteiger partial charge >= 0.3 is 6.09 Å². The molecule has 0 radical (unpaired) electrons. The number of benzene rings is 2. The number of aromatic nitrogens is 2. The predicted octanol–water partition coefficient (Wildman–Crippen LogP) is 4.80. The smallest absolute Gasteiger partial charge is 0.404 e. The topological polar surface area (TPSA) is 109 Å². The first-order chi connectivity index (χ1) is 19.4. The summed E-state index contributed by atoms with van der Waals surface area (Å²) in [5.74, 6) is 0.737. The number of imidazole rings is 1. The first kappa shape index (κ1) is 27.7. The number of carbonyl (C=O) groups is 2. The lowest BCUT2D eigenvalue weighted by molar-refractivity contribution is 0.0601. The number of nitrogens with zero attached hydrogens (tertiary/aromatic N) is 3. The van der Waals surface area contributed by atoms with Crippen LogP contribution in [0.5, 0.6) is 5.75 Å². The minimum atomic E-state index is -1.03. The number of hydrogen-bond donors (Lipinski definition) is 3. The second-order valence-electron chi connectivity index (χ2n) is 10.9. The fourth-order valence-electron chi connectivity index (χ4n) is 5.96. The van der Waals surface area contributed by atoms with Crippen molar-refractivity contribution in [2.24, 2.45) is 0 Å². The van der Waals surface area contributed by atoms with Crippen LogP contribution >= 0.6 is 0 Å². The molecule has 40 heavy (non-hydrogen) atoms. The van der Waals surface area contributed by atoms with Gasteiger partial charge in [0.15, 0.2) is 5.69 Å². The van der Waals surface area contributed by atoms with Crippen LogP contribution in [-0.2, 0) is 0 Å². The predicted molar refractivity (Wildman–Crippen MR) is 154 cm³/mol. The molecule has 5 rings (SSSR count). The molecule has 212 valence electrons. The molecule has 1 aromatic heterocycles. The zero-order valence-electron chi connectivity index (χ0n) is 23.3. The van der Waals surface area contributed by atoms with Gasteiger partial charge in [0.2, 0.25) is 0 Å². The highest BCUT2D eigenvalue weighted by atomic mass is 16.5. The standard InChI is InChI=1S/C31H39N5O4/c1-21-12-13-25(18-22(21)2)40-17-14-24-19-32-15-16-35(24)30(37)28-29(23-8-4-3-5-9-23)36(20-33-28)27-11-7-6-10-26(27)34-31(38)39/h3-5,8-9,12-13,18,20,24,26-27,32,34H,6-7,10-11,14-17,19H2,1-2H3,(H,38,39)/t24-,26+,27+/m1/s1. The van der Waals surface area contributed by atoms with E-state index in [1.807, 2.05) is 51.9 Å². The summed E-state index contributed by atoms with van der Waals surface area (Å²) >= 11 is 0. The van der Waals surface area contributed by atoms with E-state index in [1.165, 1.54) is 11.1 Å². The molecule has 2 heterocycles. The summed E-state index contributed by atoms with van der Waals surface area (Å²) in [4.78, 5) is 32.3. The second kappa shape index (κ2) is 12.6. The van der Waals surface area contributed by atoms with Gasteiger partial charge in [-0.25, -0.2) is 9.78 Å². The number of piperazine rings is 1. The molecule has 2 aromatic carbocycles. The van der Waals surface area contributed by atoms with Crippen molar-refractivity contribution in [1.29, 1.82) is 0 Å². The average Bonchev–Trinajstić information content (AvgIpc) is 3.40. The van der Waals surface area contributed by atoms with E-state index in [-0.39, 0.29) is 24.0 Å². The summed E-state index contributed by atoms with van der Waals surface area (Å²) in [6.07, 6.45) is 4.94. The quantitative estimate of drug-likeness (QED) is 0.375. The lowest BCUT2D eigenvalue weighted by Gasteiger charge is -2.36. The molecule has 2 amide bonds. The molecular formula is C31H39N5O4. The molecular weight excluding hydrogens is 506 g/mol. The number of nitrogens with one attached hydrogen (secondary N) is 2. The molecule has 2 aliphatic rings. The monoisotopic (exact) mass is 545 g/mol. The molecule has 0 bridgehead atoms. The van der Waals surface area contributed by atoms with Crippen LogP contribution < -0.4 is 15.4 Å². The van der Waals surface area contributed by atoms with Gasteiger partial charge in [0, 0.05) is 37.7 Å². The lowest BCUT2D eigenvalue weighted by atomic mass is 9.89. The summed E-state index contributed by atoms with van der Waals surface area (Å²) in [6, 6.07) is 15.5. The van der Waals surface area contributed by atoms with Gasteiger partial charge in [0.05, 0.1) is 30.7 Å². The third kappa shape index (κ3) is 6.14. The van der Waals surface area contributed by atoms with E-state index >= 15 is 0 Å². The van der Waals surface area contributed by atoms with E-state index in [0.29, 0.717) is 31.8 Å². The van der Waals surface area contributed by atoms with E-state index < -0.39 is 6.09 Å². The van der Waals surface area contributed by atoms with Gasteiger partial charge in [-0.05, 0) is 49.9 Å². The maximum atomic E-state index is 14.1. The van der Waals surface area contributed by atoms with E-state index in [0.717, 1.165) is 49.2 Å². The lowest BCUT2D eigenvalue weighted by Crippen LogP contribution is -2.54. The molecule has 3 aromatic rings. The first-order valence-corrected chi connectivity index (χ1v) is 14.3. The average molecular weight is 546 g/mol. The van der Waals surface area contributed by atoms with E-state index in [4.69, 9.17) is 4.74 Å². The number of ether oxygens (including phenoxy) is 1. The zero-order valence-corrected chi connectivity index (χ0v) is 23.3. The Morgan fingerprint density at radius 3 is 2.67 bits per heavy atom. The van der Waals surface area contributed by atoms with Crippen molar-refractivity contribution in [3.05, 3.63) is 71.7 Å². The van der Waals surface area contributed by atoms with Crippen LogP contribution in [-0.4, -0.2) is 69.9 Å². The Morgan fingerprint density at radius 2 is 1.90 bits per heavy atom. The van der Waals surface area contributed by atoms with Gasteiger partial charge in [0.25, 0.3) is 5.91 Å². The molecule has 1 saturated carbocycles. The van der Waals surface area contributed by atoms with Gasteiger partial charge in [-0.1, -0.05) is 49.2 Å². The number of carboxylic acid groups (broad SMARTS) is 1. The molecule has 9 nitrogen and oxygen atoms in total. The zero-order chi connectivity index (χ0) is 28.1. The SMILES string of the molecule is Cc1ccc(OCC[C@@H]2CNCCN2C(=O)c2ncn([C@H]3CCCC[C@@H]3NC(=O)O)c2-c2ccccc2)cc1C. The Kier molecular flexibility index (Phi) is 8.69. The first-order valence-electron chi connectivity index (χ1n) is 14.3. The fourth-order valence-corrected chi connectivity index (χ4v) is 5.96. The minimum Gasteiger partial charge on any atom is -0.494 e. The third-order valence-corrected chi connectivity index (χ3v) is 8.25. The maximum Gasteiger partial charge on any atom is 0.404 e. The third-order valence-electron chi connectivity index (χ3n) is 8.25. The van der Waals surface area contributed by atoms with Crippen LogP contribution in [0.2, 0.25) is 0 Å². The summed E-state index contributed by atoms with van der Waals surface area (Å²) in [7, 11) is 0. The van der Waals surface area contributed by atoms with Crippen LogP contribution in [0.1, 0.15) is 59.8 Å². The number of aryl methyl sites for hydroxylation is 2. The molecule has 9 heteroatoms. The molecule has 2 fully saturated rings. The highest BCUT2D eigenvalue weighted by Crippen LogP contribution is 2.35. The Balaban J connectivity index is 1.40. The van der Waals surface area contributed by atoms with Gasteiger partial charge in [-0.3, -0.25) is 4.79 Å². The highest BCUT2D eigenvalue weighted by Gasteiger charge is 2.35. The molecule has 3 N–H and O–H groups in total. The molecule has 1 aliphatic carbocycles. The van der Waals surface area contributed by atoms with Crippen molar-refractivity contribution < 1.29 is 19.4 Å². The Labute approximate surface area is 235 Å². The fraction of sp³-hybridized carbons (Fsp3) is 0.452. The van der Waals surface area contributed by atoms with Gasteiger partial charge in [0.1, 0.15) is 5.75 Å². The summed E-state index contributed by atoms with van der Waals surface area (Å²) in [5.41, 5.74) is 4.47. The van der Waals surface area contributed by atoms with Crippen molar-refractivity contribution in [3.8, 4) is 17.0 Å². The van der Waals surface area contributed by atoms with Crippen molar-refractivity contribution in [2.45, 2.75) is 64.1 Å². The molecule has 0 spiro atoms. The number of hydrogen-bond acceptors (Lipinski definition) is 5. The van der Waals surface area contributed by atoms with Gasteiger partial charge in [-0.15, -0.1) is 0 Å². The largest absolute Gasteiger partial charge is 0.494 e. The van der Waals surface area contributed by atoms with Gasteiger partial charge in [-0.2, -0.15) is 0 Å². The summed E-state index contributed by atoms with van der Waals surface area (Å²) in [5, 5.41) is 15.6. The van der Waals surface area contributed by atoms with Crippen molar-refractivity contribution >= 4 is 12.0 Å². The molecule has 1 saturated heterocycles. The van der Waals surface area contributed by atoms with E-state index in [9.17, 15) is 14.7 Å². The van der Waals surface area contributed by atoms with E-state index in [2.05, 4.69) is 35.5 Å². The van der Waals surface area contributed by atoms with Crippen LogP contribution in [0.3, 0.4) is 0 Å². The minimum absolute atomic E-state index is 0.0299. The van der Waals surface area contributed by atoms with Crippen molar-refractivity contribution in [1.82, 2.24) is 25.1 Å². The normalized spacial score (nSPS) is 21.1. The highest BCUT2D eigenvalue weighted by molar-refractivity contribution is 5.98. The van der Waals surface area contributed by atoms with Crippen LogP contribution in [0, 0.1) is 13.8 Å². The van der Waals surface area contributed by atoms with Gasteiger partial charge < -0.3 is 29.9 Å². The number of rotatable bonds is 8.